The van der Waals surface area contributed by atoms with Crippen LogP contribution in [0.15, 0.2) is 59.2 Å². The number of anilines is 4. The molecule has 0 bridgehead atoms. The van der Waals surface area contributed by atoms with Crippen molar-refractivity contribution < 1.29 is 13.2 Å². The lowest BCUT2D eigenvalue weighted by atomic mass is 10.0. The number of benzene rings is 2. The number of alkyl halides is 3. The molecule has 0 unspecified atom stereocenters. The van der Waals surface area contributed by atoms with Gasteiger partial charge < -0.3 is 10.6 Å². The van der Waals surface area contributed by atoms with Crippen molar-refractivity contribution in [1.82, 2.24) is 9.97 Å². The van der Waals surface area contributed by atoms with Crippen LogP contribution >= 0.6 is 15.9 Å². The van der Waals surface area contributed by atoms with Crippen LogP contribution in [-0.2, 0) is 12.6 Å². The second-order valence-electron chi connectivity index (χ2n) is 6.98. The van der Waals surface area contributed by atoms with Crippen molar-refractivity contribution in [2.45, 2.75) is 26.4 Å². The minimum Gasteiger partial charge on any atom is -0.339 e. The van der Waals surface area contributed by atoms with Gasteiger partial charge in [-0.15, -0.1) is 0 Å². The Balaban J connectivity index is 1.87. The molecule has 0 spiro atoms. The highest BCUT2D eigenvalue weighted by Gasteiger charge is 2.35. The monoisotopic (exact) mass is 464 g/mol. The van der Waals surface area contributed by atoms with Gasteiger partial charge in [-0.25, -0.2) is 4.98 Å². The molecule has 4 nitrogen and oxygen atoms in total. The molecule has 1 heterocycles. The second kappa shape index (κ2) is 8.82. The molecular formula is C21H20BrF3N4. The Labute approximate surface area is 175 Å². The standard InChI is InChI=1S/C21H20BrF3N4/c1-13(2)11-14-7-9-15(10-8-14)27-20-26-12-16(21(23,24)25)19(29-20)28-18-6-4-3-5-17(18)22/h3-10,12-13H,11H2,1-2H3,(H2,26,27,28,29). The van der Waals surface area contributed by atoms with E-state index < -0.39 is 11.7 Å². The zero-order chi connectivity index (χ0) is 21.0. The number of hydrogen-bond acceptors (Lipinski definition) is 4. The Kier molecular flexibility index (Phi) is 6.42. The number of hydrogen-bond donors (Lipinski definition) is 2. The number of nitrogens with zero attached hydrogens (tertiary/aromatic N) is 2. The summed E-state index contributed by atoms with van der Waals surface area (Å²) >= 11 is 3.32. The Morgan fingerprint density at radius 1 is 1.00 bits per heavy atom. The summed E-state index contributed by atoms with van der Waals surface area (Å²) in [6.45, 7) is 4.28. The molecule has 29 heavy (non-hydrogen) atoms. The van der Waals surface area contributed by atoms with E-state index in [4.69, 9.17) is 0 Å². The van der Waals surface area contributed by atoms with Gasteiger partial charge in [0.2, 0.25) is 5.95 Å². The number of aromatic nitrogens is 2. The van der Waals surface area contributed by atoms with Crippen LogP contribution in [0.5, 0.6) is 0 Å². The maximum Gasteiger partial charge on any atom is 0.421 e. The highest BCUT2D eigenvalue weighted by Crippen LogP contribution is 2.36. The Bertz CT molecular complexity index is 972. The van der Waals surface area contributed by atoms with Crippen molar-refractivity contribution in [2.24, 2.45) is 5.92 Å². The number of rotatable bonds is 6. The van der Waals surface area contributed by atoms with E-state index in [1.54, 1.807) is 24.3 Å². The SMILES string of the molecule is CC(C)Cc1ccc(Nc2ncc(C(F)(F)F)c(Nc3ccccc3Br)n2)cc1. The lowest BCUT2D eigenvalue weighted by molar-refractivity contribution is -0.137. The molecule has 152 valence electrons. The van der Waals surface area contributed by atoms with Crippen LogP contribution < -0.4 is 10.6 Å². The van der Waals surface area contributed by atoms with Crippen molar-refractivity contribution in [3.8, 4) is 0 Å². The van der Waals surface area contributed by atoms with E-state index in [0.29, 0.717) is 21.8 Å². The molecule has 3 aromatic rings. The third-order valence-corrected chi connectivity index (χ3v) is 4.77. The molecule has 3 rings (SSSR count). The molecule has 2 aromatic carbocycles. The molecule has 0 aliphatic carbocycles. The summed E-state index contributed by atoms with van der Waals surface area (Å²) in [6.07, 6.45) is -2.85. The Hall–Kier alpha value is -2.61. The number of para-hydroxylation sites is 1. The van der Waals surface area contributed by atoms with E-state index in [9.17, 15) is 13.2 Å². The maximum atomic E-state index is 13.4. The van der Waals surface area contributed by atoms with E-state index in [1.807, 2.05) is 24.3 Å². The molecule has 0 saturated heterocycles. The van der Waals surface area contributed by atoms with E-state index in [0.717, 1.165) is 12.6 Å². The van der Waals surface area contributed by atoms with E-state index in [-0.39, 0.29) is 11.8 Å². The summed E-state index contributed by atoms with van der Waals surface area (Å²) in [7, 11) is 0. The van der Waals surface area contributed by atoms with Crippen molar-refractivity contribution in [3.63, 3.8) is 0 Å². The summed E-state index contributed by atoms with van der Waals surface area (Å²) in [5.41, 5.74) is 1.42. The Morgan fingerprint density at radius 3 is 2.31 bits per heavy atom. The average molecular weight is 465 g/mol. The lowest BCUT2D eigenvalue weighted by Crippen LogP contribution is -2.12. The molecule has 0 fully saturated rings. The fourth-order valence-corrected chi connectivity index (χ4v) is 3.14. The molecule has 1 aromatic heterocycles. The first-order valence-electron chi connectivity index (χ1n) is 9.04. The highest BCUT2D eigenvalue weighted by atomic mass is 79.9. The molecule has 0 atom stereocenters. The zero-order valence-electron chi connectivity index (χ0n) is 15.9. The van der Waals surface area contributed by atoms with Gasteiger partial charge in [0.05, 0.1) is 5.69 Å². The normalized spacial score (nSPS) is 11.6. The van der Waals surface area contributed by atoms with Gasteiger partial charge in [0.25, 0.3) is 0 Å². The van der Waals surface area contributed by atoms with Crippen molar-refractivity contribution >= 4 is 39.1 Å². The Morgan fingerprint density at radius 2 is 1.69 bits per heavy atom. The van der Waals surface area contributed by atoms with Gasteiger partial charge >= 0.3 is 6.18 Å². The molecule has 8 heteroatoms. The van der Waals surface area contributed by atoms with Crippen molar-refractivity contribution in [2.75, 3.05) is 10.6 Å². The van der Waals surface area contributed by atoms with Crippen LogP contribution in [0.2, 0.25) is 0 Å². The van der Waals surface area contributed by atoms with Gasteiger partial charge in [0.1, 0.15) is 11.4 Å². The van der Waals surface area contributed by atoms with Gasteiger partial charge in [0.15, 0.2) is 0 Å². The topological polar surface area (TPSA) is 49.8 Å². The van der Waals surface area contributed by atoms with E-state index in [2.05, 4.69) is 50.4 Å². The summed E-state index contributed by atoms with van der Waals surface area (Å²) in [5.74, 6) is 0.292. The predicted molar refractivity (Wildman–Crippen MR) is 113 cm³/mol. The van der Waals surface area contributed by atoms with Crippen LogP contribution in [0.1, 0.15) is 25.0 Å². The smallest absolute Gasteiger partial charge is 0.339 e. The fraction of sp³-hybridized carbons (Fsp3) is 0.238. The van der Waals surface area contributed by atoms with Gasteiger partial charge in [0, 0.05) is 16.4 Å². The van der Waals surface area contributed by atoms with Crippen molar-refractivity contribution in [1.29, 1.82) is 0 Å². The third kappa shape index (κ3) is 5.69. The predicted octanol–water partition coefficient (Wildman–Crippen LogP) is 6.94. The van der Waals surface area contributed by atoms with Gasteiger partial charge in [-0.2, -0.15) is 18.2 Å². The van der Waals surface area contributed by atoms with Crippen LogP contribution in [0.4, 0.5) is 36.3 Å². The molecule has 0 saturated carbocycles. The number of nitrogens with one attached hydrogen (secondary N) is 2. The first-order chi connectivity index (χ1) is 13.7. The summed E-state index contributed by atoms with van der Waals surface area (Å²) in [4.78, 5) is 7.91. The van der Waals surface area contributed by atoms with E-state index in [1.165, 1.54) is 5.56 Å². The molecule has 0 aliphatic rings. The van der Waals surface area contributed by atoms with Crippen LogP contribution in [0.25, 0.3) is 0 Å². The first-order valence-corrected chi connectivity index (χ1v) is 9.83. The summed E-state index contributed by atoms with van der Waals surface area (Å²) in [5, 5.41) is 5.71. The molecule has 2 N–H and O–H groups in total. The highest BCUT2D eigenvalue weighted by molar-refractivity contribution is 9.10. The molecule has 0 amide bonds. The average Bonchev–Trinajstić information content (AvgIpc) is 2.64. The minimum absolute atomic E-state index is 0.0733. The van der Waals surface area contributed by atoms with Crippen LogP contribution in [-0.4, -0.2) is 9.97 Å². The largest absolute Gasteiger partial charge is 0.421 e. The molecule has 0 radical (unpaired) electrons. The quantitative estimate of drug-likeness (QED) is 0.414. The zero-order valence-corrected chi connectivity index (χ0v) is 17.5. The van der Waals surface area contributed by atoms with Crippen LogP contribution in [0.3, 0.4) is 0 Å². The molecule has 0 aliphatic heterocycles. The fourth-order valence-electron chi connectivity index (χ4n) is 2.76. The van der Waals surface area contributed by atoms with Gasteiger partial charge in [-0.1, -0.05) is 38.1 Å². The maximum absolute atomic E-state index is 13.4. The first kappa shape index (κ1) is 21.1. The molecular weight excluding hydrogens is 445 g/mol. The third-order valence-electron chi connectivity index (χ3n) is 4.08. The van der Waals surface area contributed by atoms with E-state index >= 15 is 0 Å². The summed E-state index contributed by atoms with van der Waals surface area (Å²) < 4.78 is 40.8. The minimum atomic E-state index is -4.58. The number of halogens is 4. The van der Waals surface area contributed by atoms with Gasteiger partial charge in [-0.05, 0) is 58.1 Å². The van der Waals surface area contributed by atoms with Crippen LogP contribution in [0, 0.1) is 5.92 Å². The van der Waals surface area contributed by atoms with Gasteiger partial charge in [-0.3, -0.25) is 0 Å². The van der Waals surface area contributed by atoms with Crippen molar-refractivity contribution in [3.05, 3.63) is 70.3 Å². The second-order valence-corrected chi connectivity index (χ2v) is 7.83. The lowest BCUT2D eigenvalue weighted by Gasteiger charge is -2.15. The summed E-state index contributed by atoms with van der Waals surface area (Å²) in [6, 6.07) is 14.6.